The molecule has 78 valence electrons. The Morgan fingerprint density at radius 3 is 2.93 bits per heavy atom. The van der Waals surface area contributed by atoms with E-state index in [9.17, 15) is 9.90 Å². The zero-order chi connectivity index (χ0) is 11.3. The topological polar surface area (TPSA) is 46.5 Å². The van der Waals surface area contributed by atoms with Crippen molar-refractivity contribution >= 4 is 17.6 Å². The Balaban J connectivity index is 2.76. The van der Waals surface area contributed by atoms with Crippen LogP contribution in [0.4, 0.5) is 0 Å². The second-order valence-electron chi connectivity index (χ2n) is 2.72. The van der Waals surface area contributed by atoms with Gasteiger partial charge in [-0.3, -0.25) is 4.79 Å². The van der Waals surface area contributed by atoms with Gasteiger partial charge < -0.3 is 9.84 Å². The first kappa shape index (κ1) is 11.4. The molecule has 0 saturated carbocycles. The van der Waals surface area contributed by atoms with Crippen LogP contribution in [0.15, 0.2) is 18.2 Å². The summed E-state index contributed by atoms with van der Waals surface area (Å²) in [5.41, 5.74) is 0.434. The van der Waals surface area contributed by atoms with Crippen LogP contribution in [-0.2, 0) is 9.53 Å². The number of methoxy groups -OCH3 is 1. The zero-order valence-corrected chi connectivity index (χ0v) is 8.84. The van der Waals surface area contributed by atoms with E-state index in [2.05, 4.69) is 16.6 Å². The first-order chi connectivity index (χ1) is 7.13. The predicted octanol–water partition coefficient (Wildman–Crippen LogP) is 1.96. The van der Waals surface area contributed by atoms with Crippen LogP contribution >= 0.6 is 11.6 Å². The molecule has 0 radical (unpaired) electrons. The summed E-state index contributed by atoms with van der Waals surface area (Å²) in [6.07, 6.45) is -0.00142. The maximum absolute atomic E-state index is 10.7. The van der Waals surface area contributed by atoms with Gasteiger partial charge in [0.15, 0.2) is 0 Å². The highest BCUT2D eigenvalue weighted by Gasteiger charge is 1.98. The van der Waals surface area contributed by atoms with E-state index < -0.39 is 5.97 Å². The minimum absolute atomic E-state index is 0.000124. The third-order valence-corrected chi connectivity index (χ3v) is 1.88. The summed E-state index contributed by atoms with van der Waals surface area (Å²) < 4.78 is 4.41. The summed E-state index contributed by atoms with van der Waals surface area (Å²) in [7, 11) is 1.30. The van der Waals surface area contributed by atoms with Crippen molar-refractivity contribution in [3.8, 4) is 17.6 Å². The Hall–Kier alpha value is -1.66. The maximum Gasteiger partial charge on any atom is 0.317 e. The van der Waals surface area contributed by atoms with Gasteiger partial charge in [-0.2, -0.15) is 0 Å². The van der Waals surface area contributed by atoms with Crippen LogP contribution in [0.2, 0.25) is 5.02 Å². The molecule has 15 heavy (non-hydrogen) atoms. The second-order valence-corrected chi connectivity index (χ2v) is 3.15. The van der Waals surface area contributed by atoms with E-state index in [0.29, 0.717) is 10.6 Å². The van der Waals surface area contributed by atoms with Gasteiger partial charge in [0.25, 0.3) is 0 Å². The maximum atomic E-state index is 10.7. The van der Waals surface area contributed by atoms with E-state index >= 15 is 0 Å². The van der Waals surface area contributed by atoms with E-state index in [1.165, 1.54) is 13.2 Å². The summed E-state index contributed by atoms with van der Waals surface area (Å²) in [6, 6.07) is 4.59. The Bertz CT molecular complexity index is 429. The molecule has 1 N–H and O–H groups in total. The number of aromatic hydroxyl groups is 1. The van der Waals surface area contributed by atoms with Gasteiger partial charge in [-0.25, -0.2) is 0 Å². The van der Waals surface area contributed by atoms with Crippen molar-refractivity contribution in [1.29, 1.82) is 0 Å². The Labute approximate surface area is 92.6 Å². The molecule has 0 saturated heterocycles. The lowest BCUT2D eigenvalue weighted by Crippen LogP contribution is -1.97. The number of phenols is 1. The van der Waals surface area contributed by atoms with Crippen molar-refractivity contribution < 1.29 is 14.6 Å². The van der Waals surface area contributed by atoms with Gasteiger partial charge in [0.05, 0.1) is 12.7 Å². The number of benzene rings is 1. The second kappa shape index (κ2) is 5.28. The van der Waals surface area contributed by atoms with Crippen molar-refractivity contribution in [2.75, 3.05) is 7.11 Å². The normalized spacial score (nSPS) is 8.93. The van der Waals surface area contributed by atoms with E-state index in [4.69, 9.17) is 11.6 Å². The number of esters is 1. The van der Waals surface area contributed by atoms with Crippen molar-refractivity contribution in [1.82, 2.24) is 0 Å². The summed E-state index contributed by atoms with van der Waals surface area (Å²) in [5, 5.41) is 9.85. The van der Waals surface area contributed by atoms with Crippen LogP contribution in [0.5, 0.6) is 5.75 Å². The molecule has 0 aliphatic carbocycles. The average molecular weight is 225 g/mol. The molecule has 0 aromatic heterocycles. The molecule has 0 fully saturated rings. The number of rotatable bonds is 1. The number of hydrogen-bond donors (Lipinski definition) is 1. The van der Waals surface area contributed by atoms with E-state index in [1.54, 1.807) is 12.1 Å². The molecule has 0 aliphatic rings. The van der Waals surface area contributed by atoms with Gasteiger partial charge in [-0.05, 0) is 18.2 Å². The Kier molecular flexibility index (Phi) is 4.02. The first-order valence-corrected chi connectivity index (χ1v) is 4.55. The molecule has 1 rings (SSSR count). The summed E-state index contributed by atoms with van der Waals surface area (Å²) in [5.74, 6) is 4.82. The first-order valence-electron chi connectivity index (χ1n) is 4.17. The summed E-state index contributed by atoms with van der Waals surface area (Å²) in [4.78, 5) is 10.7. The van der Waals surface area contributed by atoms with Gasteiger partial charge in [0.1, 0.15) is 12.2 Å². The lowest BCUT2D eigenvalue weighted by molar-refractivity contribution is -0.139. The number of hydrogen-bond acceptors (Lipinski definition) is 3. The molecule has 0 spiro atoms. The van der Waals surface area contributed by atoms with Gasteiger partial charge >= 0.3 is 5.97 Å². The molecule has 0 amide bonds. The standard InChI is InChI=1S/C11H9ClO3/c1-15-11(14)4-2-3-8-5-6-9(12)7-10(8)13/h5-7,13H,4H2,1H3. The van der Waals surface area contributed by atoms with Crippen LogP contribution in [0.25, 0.3) is 0 Å². The highest BCUT2D eigenvalue weighted by atomic mass is 35.5. The number of ether oxygens (including phenoxy) is 1. The van der Waals surface area contributed by atoms with Gasteiger partial charge in [-0.15, -0.1) is 0 Å². The monoisotopic (exact) mass is 224 g/mol. The molecule has 0 heterocycles. The van der Waals surface area contributed by atoms with Crippen molar-refractivity contribution in [3.63, 3.8) is 0 Å². The minimum Gasteiger partial charge on any atom is -0.507 e. The minimum atomic E-state index is -0.407. The third-order valence-electron chi connectivity index (χ3n) is 1.64. The highest BCUT2D eigenvalue weighted by Crippen LogP contribution is 2.20. The van der Waals surface area contributed by atoms with Crippen LogP contribution in [0.3, 0.4) is 0 Å². The third kappa shape index (κ3) is 3.53. The average Bonchev–Trinajstić information content (AvgIpc) is 2.21. The molecule has 0 bridgehead atoms. The molecular formula is C11H9ClO3. The summed E-state index contributed by atoms with van der Waals surface area (Å²) >= 11 is 5.64. The lowest BCUT2D eigenvalue weighted by atomic mass is 10.2. The van der Waals surface area contributed by atoms with Gasteiger partial charge in [0.2, 0.25) is 0 Å². The van der Waals surface area contributed by atoms with Crippen molar-refractivity contribution in [2.24, 2.45) is 0 Å². The fraction of sp³-hybridized carbons (Fsp3) is 0.182. The molecular weight excluding hydrogens is 216 g/mol. The molecule has 1 aromatic carbocycles. The quantitative estimate of drug-likeness (QED) is 0.586. The highest BCUT2D eigenvalue weighted by molar-refractivity contribution is 6.30. The molecule has 1 aromatic rings. The molecule has 0 unspecified atom stereocenters. The van der Waals surface area contributed by atoms with Crippen molar-refractivity contribution in [3.05, 3.63) is 28.8 Å². The zero-order valence-electron chi connectivity index (χ0n) is 8.08. The van der Waals surface area contributed by atoms with Gasteiger partial charge in [-0.1, -0.05) is 23.4 Å². The molecule has 0 atom stereocenters. The molecule has 3 nitrogen and oxygen atoms in total. The molecule has 0 aliphatic heterocycles. The van der Waals surface area contributed by atoms with E-state index in [1.807, 2.05) is 0 Å². The lowest BCUT2D eigenvalue weighted by Gasteiger charge is -1.96. The van der Waals surface area contributed by atoms with Crippen molar-refractivity contribution in [2.45, 2.75) is 6.42 Å². The number of carbonyl (C=O) groups excluding carboxylic acids is 1. The van der Waals surface area contributed by atoms with Crippen LogP contribution in [-0.4, -0.2) is 18.2 Å². The number of halogens is 1. The largest absolute Gasteiger partial charge is 0.507 e. The smallest absolute Gasteiger partial charge is 0.317 e. The number of carbonyl (C=O) groups is 1. The Morgan fingerprint density at radius 2 is 2.33 bits per heavy atom. The molecule has 4 heteroatoms. The van der Waals surface area contributed by atoms with Gasteiger partial charge in [0, 0.05) is 5.02 Å². The van der Waals surface area contributed by atoms with E-state index in [0.717, 1.165) is 0 Å². The SMILES string of the molecule is COC(=O)CC#Cc1ccc(Cl)cc1O. The van der Waals surface area contributed by atoms with Crippen LogP contribution < -0.4 is 0 Å². The number of phenolic OH excluding ortho intramolecular Hbond substituents is 1. The predicted molar refractivity (Wildman–Crippen MR) is 56.6 cm³/mol. The fourth-order valence-electron chi connectivity index (χ4n) is 0.894. The Morgan fingerprint density at radius 1 is 1.60 bits per heavy atom. The summed E-state index contributed by atoms with van der Waals surface area (Å²) in [6.45, 7) is 0. The van der Waals surface area contributed by atoms with E-state index in [-0.39, 0.29) is 12.2 Å². The fourth-order valence-corrected chi connectivity index (χ4v) is 1.06. The van der Waals surface area contributed by atoms with Crippen LogP contribution in [0, 0.1) is 11.8 Å². The van der Waals surface area contributed by atoms with Crippen LogP contribution in [0.1, 0.15) is 12.0 Å².